The van der Waals surface area contributed by atoms with Gasteiger partial charge in [-0.1, -0.05) is 6.07 Å². The predicted octanol–water partition coefficient (Wildman–Crippen LogP) is 2.37. The number of aliphatic carboxylic acids is 1. The summed E-state index contributed by atoms with van der Waals surface area (Å²) < 4.78 is 10.5. The Morgan fingerprint density at radius 1 is 1.44 bits per heavy atom. The zero-order valence-corrected chi connectivity index (χ0v) is 10.7. The molecule has 0 radical (unpaired) electrons. The van der Waals surface area contributed by atoms with Crippen LogP contribution in [-0.4, -0.2) is 31.4 Å². The minimum atomic E-state index is -0.957. The molecule has 0 heterocycles. The molecular formula is C14H18O4. The Hall–Kier alpha value is -1.81. The molecular weight excluding hydrogens is 232 g/mol. The average molecular weight is 250 g/mol. The van der Waals surface area contributed by atoms with Crippen molar-refractivity contribution >= 4 is 12.0 Å². The lowest BCUT2D eigenvalue weighted by molar-refractivity contribution is -0.131. The van der Waals surface area contributed by atoms with Gasteiger partial charge in [0.1, 0.15) is 5.75 Å². The van der Waals surface area contributed by atoms with Crippen molar-refractivity contribution in [3.05, 3.63) is 35.4 Å². The molecule has 0 unspecified atom stereocenters. The largest absolute Gasteiger partial charge is 0.497 e. The highest BCUT2D eigenvalue weighted by atomic mass is 16.5. The number of hydrogen-bond acceptors (Lipinski definition) is 3. The number of carboxylic acids is 1. The molecule has 0 bridgehead atoms. The summed E-state index contributed by atoms with van der Waals surface area (Å²) in [7, 11) is 1.61. The second kappa shape index (κ2) is 7.50. The minimum Gasteiger partial charge on any atom is -0.497 e. The van der Waals surface area contributed by atoms with E-state index in [0.717, 1.165) is 29.4 Å². The molecule has 0 aliphatic carbocycles. The van der Waals surface area contributed by atoms with E-state index in [1.165, 1.54) is 0 Å². The van der Waals surface area contributed by atoms with Crippen molar-refractivity contribution in [3.63, 3.8) is 0 Å². The number of hydrogen-bond donors (Lipinski definition) is 1. The third-order valence-corrected chi connectivity index (χ3v) is 2.48. The average Bonchev–Trinajstić information content (AvgIpc) is 2.37. The van der Waals surface area contributed by atoms with Gasteiger partial charge in [0, 0.05) is 12.7 Å². The highest BCUT2D eigenvalue weighted by Crippen LogP contribution is 2.19. The first-order chi connectivity index (χ1) is 8.67. The molecule has 1 aromatic rings. The molecule has 98 valence electrons. The Morgan fingerprint density at radius 2 is 2.22 bits per heavy atom. The van der Waals surface area contributed by atoms with Crippen LogP contribution in [0.4, 0.5) is 0 Å². The molecule has 0 aliphatic rings. The molecule has 18 heavy (non-hydrogen) atoms. The predicted molar refractivity (Wildman–Crippen MR) is 69.9 cm³/mol. The summed E-state index contributed by atoms with van der Waals surface area (Å²) in [5.41, 5.74) is 1.89. The van der Waals surface area contributed by atoms with Crippen molar-refractivity contribution in [2.75, 3.05) is 20.3 Å². The lowest BCUT2D eigenvalue weighted by Gasteiger charge is -2.08. The van der Waals surface area contributed by atoms with Gasteiger partial charge in [-0.15, -0.1) is 0 Å². The molecule has 0 aromatic heterocycles. The first kappa shape index (κ1) is 14.3. The van der Waals surface area contributed by atoms with Gasteiger partial charge in [-0.05, 0) is 42.7 Å². The first-order valence-electron chi connectivity index (χ1n) is 5.83. The molecule has 0 amide bonds. The Kier molecular flexibility index (Phi) is 5.94. The van der Waals surface area contributed by atoms with Crippen LogP contribution in [-0.2, 0) is 16.0 Å². The maximum Gasteiger partial charge on any atom is 0.328 e. The van der Waals surface area contributed by atoms with E-state index in [-0.39, 0.29) is 0 Å². The second-order valence-corrected chi connectivity index (χ2v) is 3.68. The van der Waals surface area contributed by atoms with Gasteiger partial charge in [-0.25, -0.2) is 4.79 Å². The van der Waals surface area contributed by atoms with Crippen LogP contribution in [0.15, 0.2) is 24.3 Å². The van der Waals surface area contributed by atoms with E-state index in [1.54, 1.807) is 13.2 Å². The molecule has 1 N–H and O–H groups in total. The van der Waals surface area contributed by atoms with E-state index >= 15 is 0 Å². The van der Waals surface area contributed by atoms with E-state index in [2.05, 4.69) is 0 Å². The topological polar surface area (TPSA) is 55.8 Å². The summed E-state index contributed by atoms with van der Waals surface area (Å²) in [5, 5.41) is 8.64. The third kappa shape index (κ3) is 4.59. The monoisotopic (exact) mass is 250 g/mol. The molecule has 1 aromatic carbocycles. The second-order valence-electron chi connectivity index (χ2n) is 3.68. The molecule has 1 rings (SSSR count). The van der Waals surface area contributed by atoms with Crippen LogP contribution in [0, 0.1) is 0 Å². The van der Waals surface area contributed by atoms with Gasteiger partial charge in [0.2, 0.25) is 0 Å². The van der Waals surface area contributed by atoms with Crippen LogP contribution in [0.3, 0.4) is 0 Å². The Labute approximate surface area is 107 Å². The van der Waals surface area contributed by atoms with Crippen molar-refractivity contribution in [2.24, 2.45) is 0 Å². The van der Waals surface area contributed by atoms with Crippen LogP contribution in [0.5, 0.6) is 5.75 Å². The zero-order valence-electron chi connectivity index (χ0n) is 10.7. The fraction of sp³-hybridized carbons (Fsp3) is 0.357. The van der Waals surface area contributed by atoms with Crippen LogP contribution in [0.1, 0.15) is 18.1 Å². The highest BCUT2D eigenvalue weighted by Gasteiger charge is 2.03. The summed E-state index contributed by atoms with van der Waals surface area (Å²) in [5.74, 6) is -0.199. The lowest BCUT2D eigenvalue weighted by atomic mass is 10.0. The summed E-state index contributed by atoms with van der Waals surface area (Å²) >= 11 is 0. The summed E-state index contributed by atoms with van der Waals surface area (Å²) in [6.45, 7) is 3.22. The third-order valence-electron chi connectivity index (χ3n) is 2.48. The Bertz CT molecular complexity index is 424. The van der Waals surface area contributed by atoms with E-state index in [9.17, 15) is 4.79 Å². The standard InChI is InChI=1S/C14H18O4/c1-3-18-9-8-12-10-13(17-2)6-4-11(12)5-7-14(15)16/h4-7,10H,3,8-9H2,1-2H3,(H,15,16). The molecule has 4 heteroatoms. The quantitative estimate of drug-likeness (QED) is 0.596. The smallest absolute Gasteiger partial charge is 0.328 e. The van der Waals surface area contributed by atoms with Crippen molar-refractivity contribution < 1.29 is 19.4 Å². The van der Waals surface area contributed by atoms with Crippen LogP contribution < -0.4 is 4.74 Å². The number of methoxy groups -OCH3 is 1. The van der Waals surface area contributed by atoms with Gasteiger partial charge in [0.25, 0.3) is 0 Å². The molecule has 0 spiro atoms. The van der Waals surface area contributed by atoms with Gasteiger partial charge in [-0.3, -0.25) is 0 Å². The highest BCUT2D eigenvalue weighted by molar-refractivity contribution is 5.85. The number of rotatable bonds is 7. The van der Waals surface area contributed by atoms with Crippen molar-refractivity contribution in [1.29, 1.82) is 0 Å². The van der Waals surface area contributed by atoms with E-state index in [1.807, 2.05) is 25.1 Å². The van der Waals surface area contributed by atoms with E-state index in [4.69, 9.17) is 14.6 Å². The van der Waals surface area contributed by atoms with E-state index < -0.39 is 5.97 Å². The maximum absolute atomic E-state index is 10.5. The van der Waals surface area contributed by atoms with Gasteiger partial charge in [0.15, 0.2) is 0 Å². The van der Waals surface area contributed by atoms with Crippen LogP contribution in [0.25, 0.3) is 6.08 Å². The van der Waals surface area contributed by atoms with Crippen molar-refractivity contribution in [1.82, 2.24) is 0 Å². The molecule has 0 atom stereocenters. The summed E-state index contributed by atoms with van der Waals surface area (Å²) in [6.07, 6.45) is 3.44. The number of ether oxygens (including phenoxy) is 2. The normalized spacial score (nSPS) is 10.8. The summed E-state index contributed by atoms with van der Waals surface area (Å²) in [6, 6.07) is 5.56. The van der Waals surface area contributed by atoms with Gasteiger partial charge in [-0.2, -0.15) is 0 Å². The molecule has 0 fully saturated rings. The maximum atomic E-state index is 10.5. The zero-order chi connectivity index (χ0) is 13.4. The Morgan fingerprint density at radius 3 is 2.83 bits per heavy atom. The fourth-order valence-corrected chi connectivity index (χ4v) is 1.58. The molecule has 0 saturated carbocycles. The van der Waals surface area contributed by atoms with Gasteiger partial charge >= 0.3 is 5.97 Å². The minimum absolute atomic E-state index is 0.609. The van der Waals surface area contributed by atoms with Crippen molar-refractivity contribution in [2.45, 2.75) is 13.3 Å². The SMILES string of the molecule is CCOCCc1cc(OC)ccc1C=CC(=O)O. The molecule has 0 aliphatic heterocycles. The van der Waals surface area contributed by atoms with Crippen molar-refractivity contribution in [3.8, 4) is 5.75 Å². The first-order valence-corrected chi connectivity index (χ1v) is 5.83. The number of carboxylic acid groups (broad SMARTS) is 1. The Balaban J connectivity index is 2.89. The van der Waals surface area contributed by atoms with Crippen LogP contribution in [0.2, 0.25) is 0 Å². The van der Waals surface area contributed by atoms with Crippen LogP contribution >= 0.6 is 0 Å². The lowest BCUT2D eigenvalue weighted by Crippen LogP contribution is -2.00. The van der Waals surface area contributed by atoms with Gasteiger partial charge in [0.05, 0.1) is 13.7 Å². The fourth-order valence-electron chi connectivity index (χ4n) is 1.58. The van der Waals surface area contributed by atoms with Gasteiger partial charge < -0.3 is 14.6 Å². The summed E-state index contributed by atoms with van der Waals surface area (Å²) in [4.78, 5) is 10.5. The molecule has 0 saturated heterocycles. The number of benzene rings is 1. The van der Waals surface area contributed by atoms with E-state index in [0.29, 0.717) is 13.2 Å². The number of carbonyl (C=O) groups is 1. The molecule has 4 nitrogen and oxygen atoms in total.